The fourth-order valence-corrected chi connectivity index (χ4v) is 3.75. The molecule has 1 aromatic rings. The summed E-state index contributed by atoms with van der Waals surface area (Å²) in [4.78, 5) is 0.109. The lowest BCUT2D eigenvalue weighted by Crippen LogP contribution is -2.40. The molecule has 118 valence electrons. The standard InChI is InChI=1S/C14H21NO5S/c1-10(13-4-3-7-20-13)15-21(17,18)12-5-6-14(19-2)11(8-12)9-16/h5-6,8,10,13,15-16H,3-4,7,9H2,1-2H3. The molecule has 0 saturated carbocycles. The summed E-state index contributed by atoms with van der Waals surface area (Å²) in [5.74, 6) is 0.462. The van der Waals surface area contributed by atoms with E-state index in [1.807, 2.05) is 0 Å². The lowest BCUT2D eigenvalue weighted by atomic mass is 10.1. The van der Waals surface area contributed by atoms with E-state index in [9.17, 15) is 13.5 Å². The molecule has 2 unspecified atom stereocenters. The molecule has 0 aliphatic carbocycles. The Bertz CT molecular complexity index is 581. The Morgan fingerprint density at radius 1 is 1.52 bits per heavy atom. The maximum Gasteiger partial charge on any atom is 0.240 e. The first-order chi connectivity index (χ1) is 9.97. The molecule has 2 rings (SSSR count). The molecule has 6 nitrogen and oxygen atoms in total. The van der Waals surface area contributed by atoms with Gasteiger partial charge in [-0.1, -0.05) is 0 Å². The zero-order valence-corrected chi connectivity index (χ0v) is 13.0. The molecule has 0 bridgehead atoms. The van der Waals surface area contributed by atoms with Crippen molar-refractivity contribution in [2.45, 2.75) is 43.4 Å². The molecule has 2 N–H and O–H groups in total. The molecular weight excluding hydrogens is 294 g/mol. The molecule has 2 atom stereocenters. The zero-order chi connectivity index (χ0) is 15.5. The van der Waals surface area contributed by atoms with Crippen LogP contribution in [0.15, 0.2) is 23.1 Å². The van der Waals surface area contributed by atoms with E-state index in [0.29, 0.717) is 17.9 Å². The van der Waals surface area contributed by atoms with Gasteiger partial charge in [-0.15, -0.1) is 0 Å². The molecule has 7 heteroatoms. The highest BCUT2D eigenvalue weighted by atomic mass is 32.2. The summed E-state index contributed by atoms with van der Waals surface area (Å²) in [5, 5.41) is 9.28. The molecule has 0 aromatic heterocycles. The number of aliphatic hydroxyl groups is 1. The SMILES string of the molecule is COc1ccc(S(=O)(=O)NC(C)C2CCCO2)cc1CO. The van der Waals surface area contributed by atoms with Crippen LogP contribution in [0.4, 0.5) is 0 Å². The van der Waals surface area contributed by atoms with E-state index >= 15 is 0 Å². The van der Waals surface area contributed by atoms with Gasteiger partial charge in [0, 0.05) is 18.2 Å². The summed E-state index contributed by atoms with van der Waals surface area (Å²) in [6.45, 7) is 2.19. The van der Waals surface area contributed by atoms with Crippen LogP contribution >= 0.6 is 0 Å². The summed E-state index contributed by atoms with van der Waals surface area (Å²) in [7, 11) is -2.18. The summed E-state index contributed by atoms with van der Waals surface area (Å²) in [6.07, 6.45) is 1.72. The maximum atomic E-state index is 12.4. The third-order valence-corrected chi connectivity index (χ3v) is 5.15. The number of rotatable bonds is 6. The van der Waals surface area contributed by atoms with Crippen LogP contribution in [0.2, 0.25) is 0 Å². The van der Waals surface area contributed by atoms with Crippen molar-refractivity contribution in [1.29, 1.82) is 0 Å². The van der Waals surface area contributed by atoms with Crippen LogP contribution in [0.25, 0.3) is 0 Å². The maximum absolute atomic E-state index is 12.4. The van der Waals surface area contributed by atoms with Gasteiger partial charge >= 0.3 is 0 Å². The minimum atomic E-state index is -3.65. The fourth-order valence-electron chi connectivity index (χ4n) is 2.43. The van der Waals surface area contributed by atoms with Crippen LogP contribution in [0.3, 0.4) is 0 Å². The van der Waals surface area contributed by atoms with Gasteiger partial charge in [0.2, 0.25) is 10.0 Å². The van der Waals surface area contributed by atoms with Crippen LogP contribution in [-0.2, 0) is 21.4 Å². The minimum absolute atomic E-state index is 0.0877. The van der Waals surface area contributed by atoms with Crippen LogP contribution < -0.4 is 9.46 Å². The molecule has 21 heavy (non-hydrogen) atoms. The molecule has 0 amide bonds. The van der Waals surface area contributed by atoms with E-state index in [4.69, 9.17) is 9.47 Å². The van der Waals surface area contributed by atoms with Crippen LogP contribution in [-0.4, -0.2) is 39.4 Å². The van der Waals surface area contributed by atoms with Crippen molar-refractivity contribution in [2.24, 2.45) is 0 Å². The first kappa shape index (κ1) is 16.2. The highest BCUT2D eigenvalue weighted by molar-refractivity contribution is 7.89. The van der Waals surface area contributed by atoms with Crippen molar-refractivity contribution >= 4 is 10.0 Å². The third-order valence-electron chi connectivity index (χ3n) is 3.60. The lowest BCUT2D eigenvalue weighted by Gasteiger charge is -2.20. The van der Waals surface area contributed by atoms with Gasteiger partial charge in [0.1, 0.15) is 5.75 Å². The summed E-state index contributed by atoms with van der Waals surface area (Å²) in [5.41, 5.74) is 0.435. The van der Waals surface area contributed by atoms with Crippen LogP contribution in [0.1, 0.15) is 25.3 Å². The molecule has 1 aliphatic rings. The Morgan fingerprint density at radius 3 is 2.86 bits per heavy atom. The molecular formula is C14H21NO5S. The van der Waals surface area contributed by atoms with Gasteiger partial charge in [0.05, 0.1) is 24.7 Å². The Morgan fingerprint density at radius 2 is 2.29 bits per heavy atom. The van der Waals surface area contributed by atoms with Gasteiger partial charge in [0.25, 0.3) is 0 Å². The second-order valence-corrected chi connectivity index (χ2v) is 6.81. The first-order valence-electron chi connectivity index (χ1n) is 6.89. The smallest absolute Gasteiger partial charge is 0.240 e. The summed E-state index contributed by atoms with van der Waals surface area (Å²) >= 11 is 0. The number of aliphatic hydroxyl groups excluding tert-OH is 1. The Hall–Kier alpha value is -1.15. The Kier molecular flexibility index (Phi) is 5.21. The minimum Gasteiger partial charge on any atom is -0.496 e. The number of sulfonamides is 1. The second kappa shape index (κ2) is 6.74. The van der Waals surface area contributed by atoms with Gasteiger partial charge in [0.15, 0.2) is 0 Å². The summed E-state index contributed by atoms with van der Waals surface area (Å²) < 4.78 is 37.9. The zero-order valence-electron chi connectivity index (χ0n) is 12.2. The highest BCUT2D eigenvalue weighted by Crippen LogP contribution is 2.23. The fraction of sp³-hybridized carbons (Fsp3) is 0.571. The number of hydrogen-bond donors (Lipinski definition) is 2. The van der Waals surface area contributed by atoms with Gasteiger partial charge < -0.3 is 14.6 Å². The van der Waals surface area contributed by atoms with E-state index in [1.54, 1.807) is 6.92 Å². The van der Waals surface area contributed by atoms with Gasteiger partial charge in [-0.05, 0) is 38.0 Å². The molecule has 1 saturated heterocycles. The number of hydrogen-bond acceptors (Lipinski definition) is 5. The van der Waals surface area contributed by atoms with Crippen molar-refractivity contribution in [2.75, 3.05) is 13.7 Å². The van der Waals surface area contributed by atoms with E-state index in [1.165, 1.54) is 25.3 Å². The van der Waals surface area contributed by atoms with E-state index in [2.05, 4.69) is 4.72 Å². The van der Waals surface area contributed by atoms with E-state index < -0.39 is 10.0 Å². The average Bonchev–Trinajstić information content (AvgIpc) is 3.00. The molecule has 0 spiro atoms. The largest absolute Gasteiger partial charge is 0.496 e. The molecule has 1 heterocycles. The third kappa shape index (κ3) is 3.74. The molecule has 1 fully saturated rings. The predicted molar refractivity (Wildman–Crippen MR) is 77.7 cm³/mol. The molecule has 1 aliphatic heterocycles. The lowest BCUT2D eigenvalue weighted by molar-refractivity contribution is 0.0902. The first-order valence-corrected chi connectivity index (χ1v) is 8.38. The van der Waals surface area contributed by atoms with Gasteiger partial charge in [-0.2, -0.15) is 0 Å². The topological polar surface area (TPSA) is 84.9 Å². The monoisotopic (exact) mass is 315 g/mol. The van der Waals surface area contributed by atoms with Gasteiger partial charge in [-0.3, -0.25) is 0 Å². The van der Waals surface area contributed by atoms with Crippen molar-refractivity contribution in [1.82, 2.24) is 4.72 Å². The normalized spacial score (nSPS) is 20.4. The van der Waals surface area contributed by atoms with Gasteiger partial charge in [-0.25, -0.2) is 13.1 Å². The van der Waals surface area contributed by atoms with E-state index in [-0.39, 0.29) is 23.6 Å². The van der Waals surface area contributed by atoms with Crippen molar-refractivity contribution in [3.8, 4) is 5.75 Å². The number of benzene rings is 1. The van der Waals surface area contributed by atoms with Crippen molar-refractivity contribution in [3.63, 3.8) is 0 Å². The predicted octanol–water partition coefficient (Wildman–Crippen LogP) is 1.03. The van der Waals surface area contributed by atoms with Crippen molar-refractivity contribution in [3.05, 3.63) is 23.8 Å². The summed E-state index contributed by atoms with van der Waals surface area (Å²) in [6, 6.07) is 4.13. The quantitative estimate of drug-likeness (QED) is 0.819. The van der Waals surface area contributed by atoms with Crippen molar-refractivity contribution < 1.29 is 23.0 Å². The number of nitrogens with one attached hydrogen (secondary N) is 1. The molecule has 0 radical (unpaired) electrons. The number of methoxy groups -OCH3 is 1. The Labute approximate surface area is 125 Å². The molecule has 1 aromatic carbocycles. The highest BCUT2D eigenvalue weighted by Gasteiger charge is 2.27. The van der Waals surface area contributed by atoms with Crippen LogP contribution in [0, 0.1) is 0 Å². The van der Waals surface area contributed by atoms with Crippen LogP contribution in [0.5, 0.6) is 5.75 Å². The Balaban J connectivity index is 2.18. The van der Waals surface area contributed by atoms with E-state index in [0.717, 1.165) is 12.8 Å². The second-order valence-electron chi connectivity index (χ2n) is 5.09. The average molecular weight is 315 g/mol. The number of ether oxygens (including phenoxy) is 2.